The molecule has 1 saturated heterocycles. The van der Waals surface area contributed by atoms with Crippen molar-refractivity contribution in [3.05, 3.63) is 47.0 Å². The van der Waals surface area contributed by atoms with Crippen LogP contribution in [0.25, 0.3) is 11.1 Å². The number of ether oxygens (including phenoxy) is 1. The third-order valence-electron chi connectivity index (χ3n) is 5.61. The maximum Gasteiger partial charge on any atom is 0.295 e. The zero-order valence-corrected chi connectivity index (χ0v) is 19.5. The Bertz CT molecular complexity index is 1190. The third-order valence-corrected chi connectivity index (χ3v) is 6.84. The number of aromatic nitrogens is 1. The van der Waals surface area contributed by atoms with Crippen LogP contribution in [-0.4, -0.2) is 50.6 Å². The molecule has 2 heterocycles. The molecule has 0 spiro atoms. The number of likely N-dealkylation sites (tertiary alicyclic amines) is 1. The van der Waals surface area contributed by atoms with Crippen molar-refractivity contribution >= 4 is 38.7 Å². The summed E-state index contributed by atoms with van der Waals surface area (Å²) in [7, 11) is -3.77. The minimum Gasteiger partial charge on any atom is -0.492 e. The Kier molecular flexibility index (Phi) is 6.90. The number of halogens is 1. The first-order chi connectivity index (χ1) is 15.3. The zero-order valence-electron chi connectivity index (χ0n) is 17.9. The van der Waals surface area contributed by atoms with E-state index in [4.69, 9.17) is 25.9 Å². The predicted molar refractivity (Wildman–Crippen MR) is 125 cm³/mol. The van der Waals surface area contributed by atoms with Gasteiger partial charge >= 0.3 is 0 Å². The van der Waals surface area contributed by atoms with E-state index in [0.717, 1.165) is 44.6 Å². The molecule has 3 N–H and O–H groups in total. The SMILES string of the molecule is CCOc1cc(CCN2CCC(Nc3nc4cc(S(N)(=O)=O)ccc4o3)CC2)ccc1Cl. The Morgan fingerprint density at radius 3 is 2.75 bits per heavy atom. The van der Waals surface area contributed by atoms with E-state index in [1.807, 2.05) is 25.1 Å². The average Bonchev–Trinajstić information content (AvgIpc) is 3.16. The molecule has 0 saturated carbocycles. The van der Waals surface area contributed by atoms with Crippen molar-refractivity contribution in [2.75, 3.05) is 31.6 Å². The summed E-state index contributed by atoms with van der Waals surface area (Å²) in [6.07, 6.45) is 2.87. The molecular formula is C22H27ClN4O4S. The van der Waals surface area contributed by atoms with Gasteiger partial charge in [-0.25, -0.2) is 13.6 Å². The van der Waals surface area contributed by atoms with Crippen LogP contribution in [0.1, 0.15) is 25.3 Å². The molecule has 4 rings (SSSR count). The predicted octanol–water partition coefficient (Wildman–Crippen LogP) is 3.65. The van der Waals surface area contributed by atoms with E-state index in [1.165, 1.54) is 17.7 Å². The van der Waals surface area contributed by atoms with Crippen LogP contribution in [0.5, 0.6) is 5.75 Å². The van der Waals surface area contributed by atoms with Gasteiger partial charge in [-0.1, -0.05) is 17.7 Å². The topological polar surface area (TPSA) is 111 Å². The summed E-state index contributed by atoms with van der Waals surface area (Å²) < 4.78 is 34.3. The molecule has 1 aliphatic rings. The van der Waals surface area contributed by atoms with Crippen molar-refractivity contribution < 1.29 is 17.6 Å². The lowest BCUT2D eigenvalue weighted by molar-refractivity contribution is 0.220. The molecule has 0 bridgehead atoms. The Balaban J connectivity index is 1.29. The van der Waals surface area contributed by atoms with Crippen molar-refractivity contribution in [3.8, 4) is 5.75 Å². The van der Waals surface area contributed by atoms with Gasteiger partial charge in [0.05, 0.1) is 16.5 Å². The fourth-order valence-corrected chi connectivity index (χ4v) is 4.58. The van der Waals surface area contributed by atoms with E-state index in [-0.39, 0.29) is 10.9 Å². The molecule has 10 heteroatoms. The number of anilines is 1. The summed E-state index contributed by atoms with van der Waals surface area (Å²) >= 11 is 6.17. The number of nitrogens with zero attached hydrogens (tertiary/aromatic N) is 2. The summed E-state index contributed by atoms with van der Waals surface area (Å²) in [6.45, 7) is 5.46. The normalized spacial score (nSPS) is 15.8. The molecule has 0 aliphatic carbocycles. The molecular weight excluding hydrogens is 452 g/mol. The quantitative estimate of drug-likeness (QED) is 0.508. The molecule has 32 heavy (non-hydrogen) atoms. The lowest BCUT2D eigenvalue weighted by Crippen LogP contribution is -2.40. The highest BCUT2D eigenvalue weighted by molar-refractivity contribution is 7.89. The fraction of sp³-hybridized carbons (Fsp3) is 0.409. The number of nitrogens with one attached hydrogen (secondary N) is 1. The number of rotatable bonds is 8. The molecule has 3 aromatic rings. The number of fused-ring (bicyclic) bond motifs is 1. The van der Waals surface area contributed by atoms with Crippen LogP contribution in [0.3, 0.4) is 0 Å². The first kappa shape index (κ1) is 22.8. The van der Waals surface area contributed by atoms with Crippen molar-refractivity contribution in [2.45, 2.75) is 37.1 Å². The molecule has 0 radical (unpaired) electrons. The summed E-state index contributed by atoms with van der Waals surface area (Å²) in [6, 6.07) is 11.0. The molecule has 0 amide bonds. The second-order valence-corrected chi connectivity index (χ2v) is 9.87. The van der Waals surface area contributed by atoms with Crippen LogP contribution >= 0.6 is 11.6 Å². The van der Waals surface area contributed by atoms with E-state index in [2.05, 4.69) is 15.2 Å². The van der Waals surface area contributed by atoms with Crippen LogP contribution in [-0.2, 0) is 16.4 Å². The van der Waals surface area contributed by atoms with Gasteiger partial charge in [-0.15, -0.1) is 0 Å². The standard InChI is InChI=1S/C22H27ClN4O4S/c1-2-30-21-13-15(3-5-18(21)23)7-10-27-11-8-16(9-12-27)25-22-26-19-14-17(32(24,28)29)4-6-20(19)31-22/h3-6,13-14,16H,2,7-12H2,1H3,(H,25,26)(H2,24,28,29). The van der Waals surface area contributed by atoms with E-state index in [1.54, 1.807) is 6.07 Å². The third kappa shape index (κ3) is 5.53. The highest BCUT2D eigenvalue weighted by Crippen LogP contribution is 2.26. The summed E-state index contributed by atoms with van der Waals surface area (Å²) in [5, 5.41) is 9.16. The summed E-state index contributed by atoms with van der Waals surface area (Å²) in [4.78, 5) is 6.84. The number of sulfonamides is 1. The minimum atomic E-state index is -3.77. The molecule has 2 aromatic carbocycles. The van der Waals surface area contributed by atoms with E-state index >= 15 is 0 Å². The fourth-order valence-electron chi connectivity index (χ4n) is 3.88. The molecule has 1 aliphatic heterocycles. The van der Waals surface area contributed by atoms with Crippen LogP contribution in [0.2, 0.25) is 5.02 Å². The van der Waals surface area contributed by atoms with E-state index in [0.29, 0.717) is 28.7 Å². The lowest BCUT2D eigenvalue weighted by atomic mass is 10.0. The van der Waals surface area contributed by atoms with E-state index in [9.17, 15) is 8.42 Å². The van der Waals surface area contributed by atoms with Gasteiger partial charge in [0, 0.05) is 25.7 Å². The van der Waals surface area contributed by atoms with Crippen molar-refractivity contribution in [1.82, 2.24) is 9.88 Å². The summed E-state index contributed by atoms with van der Waals surface area (Å²) in [5.41, 5.74) is 2.20. The van der Waals surface area contributed by atoms with Crippen molar-refractivity contribution in [1.29, 1.82) is 0 Å². The summed E-state index contributed by atoms with van der Waals surface area (Å²) in [5.74, 6) is 0.740. The Morgan fingerprint density at radius 1 is 1.25 bits per heavy atom. The first-order valence-electron chi connectivity index (χ1n) is 10.7. The van der Waals surface area contributed by atoms with Gasteiger partial charge in [0.25, 0.3) is 6.01 Å². The number of primary sulfonamides is 1. The Morgan fingerprint density at radius 2 is 2.03 bits per heavy atom. The number of piperidine rings is 1. The number of nitrogens with two attached hydrogens (primary N) is 1. The van der Waals surface area contributed by atoms with Crippen LogP contribution < -0.4 is 15.2 Å². The molecule has 172 valence electrons. The second kappa shape index (κ2) is 9.66. The number of benzene rings is 2. The van der Waals surface area contributed by atoms with Crippen molar-refractivity contribution in [2.24, 2.45) is 5.14 Å². The van der Waals surface area contributed by atoms with Crippen LogP contribution in [0.4, 0.5) is 6.01 Å². The monoisotopic (exact) mass is 478 g/mol. The first-order valence-corrected chi connectivity index (χ1v) is 12.6. The molecule has 8 nitrogen and oxygen atoms in total. The molecule has 1 aromatic heterocycles. The van der Waals surface area contributed by atoms with E-state index < -0.39 is 10.0 Å². The average molecular weight is 479 g/mol. The van der Waals surface area contributed by atoms with Gasteiger partial charge in [0.1, 0.15) is 11.3 Å². The number of oxazole rings is 1. The largest absolute Gasteiger partial charge is 0.492 e. The van der Waals surface area contributed by atoms with Crippen LogP contribution in [0.15, 0.2) is 45.7 Å². The smallest absolute Gasteiger partial charge is 0.295 e. The highest BCUT2D eigenvalue weighted by atomic mass is 35.5. The highest BCUT2D eigenvalue weighted by Gasteiger charge is 2.21. The maximum atomic E-state index is 11.5. The van der Waals surface area contributed by atoms with Crippen molar-refractivity contribution in [3.63, 3.8) is 0 Å². The van der Waals surface area contributed by atoms with Gasteiger partial charge in [-0.3, -0.25) is 0 Å². The van der Waals surface area contributed by atoms with Crippen LogP contribution in [0, 0.1) is 0 Å². The van der Waals surface area contributed by atoms with Gasteiger partial charge in [-0.05, 0) is 62.1 Å². The van der Waals surface area contributed by atoms with Gasteiger partial charge in [-0.2, -0.15) is 4.98 Å². The van der Waals surface area contributed by atoms with Gasteiger partial charge < -0.3 is 19.4 Å². The number of hydrogen-bond donors (Lipinski definition) is 2. The van der Waals surface area contributed by atoms with Gasteiger partial charge in [0.2, 0.25) is 10.0 Å². The molecule has 1 fully saturated rings. The lowest BCUT2D eigenvalue weighted by Gasteiger charge is -2.32. The minimum absolute atomic E-state index is 0.0206. The van der Waals surface area contributed by atoms with Gasteiger partial charge in [0.15, 0.2) is 5.58 Å². The number of hydrogen-bond acceptors (Lipinski definition) is 7. The Hall–Kier alpha value is -2.33. The molecule has 0 atom stereocenters. The zero-order chi connectivity index (χ0) is 22.7. The Labute approximate surface area is 192 Å². The maximum absolute atomic E-state index is 11.5. The second-order valence-electron chi connectivity index (χ2n) is 7.90. The molecule has 0 unspecified atom stereocenters.